The molecule has 1 aromatic heterocycles. The van der Waals surface area contributed by atoms with Gasteiger partial charge in [-0.25, -0.2) is 4.79 Å². The normalized spacial score (nSPS) is 30.6. The van der Waals surface area contributed by atoms with E-state index in [1.807, 2.05) is 0 Å². The standard InChI is InChI=1S/C14H15NO5S2/c1-14(2)10(13(19)20)15-11(18)7(12(15)22-14)9(17)8(16)6-3-4-21-5-6/h3-5,7,9-10,12,17H,1-2H3,(H,19,20)/t7-,9+,10+,12-/m1/s1. The lowest BCUT2D eigenvalue weighted by molar-refractivity contribution is -0.167. The van der Waals surface area contributed by atoms with Gasteiger partial charge in [0, 0.05) is 15.7 Å². The van der Waals surface area contributed by atoms with Crippen LogP contribution in [-0.4, -0.2) is 55.0 Å². The van der Waals surface area contributed by atoms with Crippen molar-refractivity contribution in [3.8, 4) is 0 Å². The molecule has 22 heavy (non-hydrogen) atoms. The Hall–Kier alpha value is -1.38. The number of carbonyl (C=O) groups is 3. The van der Waals surface area contributed by atoms with E-state index in [1.165, 1.54) is 28.0 Å². The van der Waals surface area contributed by atoms with Gasteiger partial charge in [0.25, 0.3) is 0 Å². The van der Waals surface area contributed by atoms with Crippen LogP contribution >= 0.6 is 23.1 Å². The maximum atomic E-state index is 12.3. The van der Waals surface area contributed by atoms with E-state index in [-0.39, 0.29) is 0 Å². The SMILES string of the molecule is CC1(C)S[C@@H]2[C@H]([C@H](O)C(=O)c3ccsc3)C(=O)N2[C@H]1C(=O)O. The third kappa shape index (κ3) is 2.09. The van der Waals surface area contributed by atoms with E-state index in [0.717, 1.165) is 0 Å². The molecule has 2 aliphatic rings. The van der Waals surface area contributed by atoms with Crippen molar-refractivity contribution < 1.29 is 24.6 Å². The zero-order valence-electron chi connectivity index (χ0n) is 11.9. The minimum atomic E-state index is -1.43. The molecule has 0 unspecified atom stereocenters. The van der Waals surface area contributed by atoms with Crippen LogP contribution in [0, 0.1) is 5.92 Å². The molecule has 0 aliphatic carbocycles. The number of amides is 1. The Balaban J connectivity index is 1.83. The highest BCUT2D eigenvalue weighted by Gasteiger charge is 2.65. The van der Waals surface area contributed by atoms with Crippen LogP contribution in [0.2, 0.25) is 0 Å². The fourth-order valence-corrected chi connectivity index (χ4v) is 5.43. The quantitative estimate of drug-likeness (QED) is 0.628. The number of aliphatic hydroxyl groups is 1. The number of fused-ring (bicyclic) bond motifs is 1. The van der Waals surface area contributed by atoms with Gasteiger partial charge < -0.3 is 15.1 Å². The van der Waals surface area contributed by atoms with Gasteiger partial charge in [0.2, 0.25) is 5.91 Å². The number of ketones is 1. The van der Waals surface area contributed by atoms with E-state index >= 15 is 0 Å². The molecule has 3 heterocycles. The van der Waals surface area contributed by atoms with Gasteiger partial charge in [0.05, 0.1) is 5.37 Å². The Morgan fingerprint density at radius 3 is 2.64 bits per heavy atom. The van der Waals surface area contributed by atoms with Crippen molar-refractivity contribution in [1.29, 1.82) is 0 Å². The highest BCUT2D eigenvalue weighted by Crippen LogP contribution is 2.54. The number of hydrogen-bond acceptors (Lipinski definition) is 6. The zero-order chi connectivity index (χ0) is 16.2. The first-order valence-corrected chi connectivity index (χ1v) is 8.55. The summed E-state index contributed by atoms with van der Waals surface area (Å²) in [6, 6.07) is 0.665. The number of carbonyl (C=O) groups excluding carboxylic acids is 2. The summed E-state index contributed by atoms with van der Waals surface area (Å²) in [5.41, 5.74) is 0.376. The highest BCUT2D eigenvalue weighted by atomic mass is 32.2. The number of rotatable bonds is 4. The molecule has 0 aromatic carbocycles. The molecule has 6 nitrogen and oxygen atoms in total. The van der Waals surface area contributed by atoms with Crippen molar-refractivity contribution in [3.05, 3.63) is 22.4 Å². The minimum Gasteiger partial charge on any atom is -0.480 e. The average Bonchev–Trinajstić information content (AvgIpc) is 3.02. The van der Waals surface area contributed by atoms with E-state index in [1.54, 1.807) is 30.7 Å². The summed E-state index contributed by atoms with van der Waals surface area (Å²) in [7, 11) is 0. The number of hydrogen-bond donors (Lipinski definition) is 2. The third-order valence-electron chi connectivity index (χ3n) is 4.13. The van der Waals surface area contributed by atoms with Crippen molar-refractivity contribution in [2.75, 3.05) is 0 Å². The third-order valence-corrected chi connectivity index (χ3v) is 6.41. The van der Waals surface area contributed by atoms with Gasteiger partial charge in [-0.1, -0.05) is 0 Å². The Bertz CT molecular complexity index is 642. The van der Waals surface area contributed by atoms with Gasteiger partial charge in [-0.2, -0.15) is 11.3 Å². The number of aliphatic carboxylic acids is 1. The Morgan fingerprint density at radius 2 is 2.09 bits per heavy atom. The summed E-state index contributed by atoms with van der Waals surface area (Å²) in [5, 5.41) is 22.5. The van der Waals surface area contributed by atoms with Crippen LogP contribution < -0.4 is 0 Å². The lowest BCUT2D eigenvalue weighted by atomic mass is 9.85. The lowest BCUT2D eigenvalue weighted by Gasteiger charge is -2.45. The van der Waals surface area contributed by atoms with Crippen LogP contribution in [0.3, 0.4) is 0 Å². The van der Waals surface area contributed by atoms with E-state index < -0.39 is 45.8 Å². The first-order valence-electron chi connectivity index (χ1n) is 6.73. The predicted octanol–water partition coefficient (Wildman–Crippen LogP) is 1.05. The smallest absolute Gasteiger partial charge is 0.327 e. The number of thiophene rings is 1. The minimum absolute atomic E-state index is 0.376. The topological polar surface area (TPSA) is 94.9 Å². The maximum Gasteiger partial charge on any atom is 0.327 e. The molecule has 0 bridgehead atoms. The number of aliphatic hydroxyl groups excluding tert-OH is 1. The summed E-state index contributed by atoms with van der Waals surface area (Å²) in [5.74, 6) is -2.89. The van der Waals surface area contributed by atoms with Gasteiger partial charge >= 0.3 is 5.97 Å². The molecule has 1 amide bonds. The molecular formula is C14H15NO5S2. The van der Waals surface area contributed by atoms with Crippen LogP contribution in [0.4, 0.5) is 0 Å². The van der Waals surface area contributed by atoms with Crippen LogP contribution in [0.25, 0.3) is 0 Å². The Morgan fingerprint density at radius 1 is 1.41 bits per heavy atom. The van der Waals surface area contributed by atoms with Crippen molar-refractivity contribution in [2.45, 2.75) is 36.1 Å². The van der Waals surface area contributed by atoms with E-state index in [4.69, 9.17) is 0 Å². The van der Waals surface area contributed by atoms with Crippen LogP contribution in [0.5, 0.6) is 0 Å². The molecule has 2 aliphatic heterocycles. The number of carboxylic acids is 1. The second-order valence-corrected chi connectivity index (χ2v) is 8.50. The van der Waals surface area contributed by atoms with Crippen molar-refractivity contribution >= 4 is 40.8 Å². The molecule has 2 N–H and O–H groups in total. The number of carboxylic acid groups (broad SMARTS) is 1. The van der Waals surface area contributed by atoms with Crippen LogP contribution in [0.1, 0.15) is 24.2 Å². The fraction of sp³-hybridized carbons (Fsp3) is 0.500. The van der Waals surface area contributed by atoms with Crippen molar-refractivity contribution in [2.24, 2.45) is 5.92 Å². The summed E-state index contributed by atoms with van der Waals surface area (Å²) in [6.45, 7) is 3.51. The van der Waals surface area contributed by atoms with Crippen LogP contribution in [0.15, 0.2) is 16.8 Å². The highest BCUT2D eigenvalue weighted by molar-refractivity contribution is 8.01. The largest absolute Gasteiger partial charge is 0.480 e. The monoisotopic (exact) mass is 341 g/mol. The van der Waals surface area contributed by atoms with Gasteiger partial charge in [-0.15, -0.1) is 11.8 Å². The van der Waals surface area contributed by atoms with Crippen molar-refractivity contribution in [1.82, 2.24) is 4.90 Å². The molecule has 8 heteroatoms. The molecule has 4 atom stereocenters. The van der Waals surface area contributed by atoms with Gasteiger partial charge in [-0.3, -0.25) is 9.59 Å². The Kier molecular flexibility index (Phi) is 3.58. The van der Waals surface area contributed by atoms with E-state index in [9.17, 15) is 24.6 Å². The summed E-state index contributed by atoms with van der Waals surface area (Å²) >= 11 is 2.66. The zero-order valence-corrected chi connectivity index (χ0v) is 13.6. The second-order valence-electron chi connectivity index (χ2n) is 5.95. The molecule has 0 radical (unpaired) electrons. The van der Waals surface area contributed by atoms with E-state index in [2.05, 4.69) is 0 Å². The average molecular weight is 341 g/mol. The molecule has 2 fully saturated rings. The molecule has 2 saturated heterocycles. The molecule has 118 valence electrons. The van der Waals surface area contributed by atoms with E-state index in [0.29, 0.717) is 5.56 Å². The Labute approximate surface area is 135 Å². The fourth-order valence-electron chi connectivity index (χ4n) is 3.07. The molecule has 0 spiro atoms. The number of Topliss-reactive ketones (excluding diaryl/α,β-unsaturated/α-hetero) is 1. The first kappa shape index (κ1) is 15.5. The number of β-lactam (4-membered cyclic amide) rings is 1. The molecule has 0 saturated carbocycles. The lowest BCUT2D eigenvalue weighted by Crippen LogP contribution is -2.66. The maximum absolute atomic E-state index is 12.3. The molecule has 3 rings (SSSR count). The van der Waals surface area contributed by atoms with Gasteiger partial charge in [0.15, 0.2) is 5.78 Å². The summed E-state index contributed by atoms with van der Waals surface area (Å²) < 4.78 is -0.661. The first-order chi connectivity index (χ1) is 10.3. The number of thioether (sulfide) groups is 1. The van der Waals surface area contributed by atoms with Crippen LogP contribution in [-0.2, 0) is 9.59 Å². The van der Waals surface area contributed by atoms with Gasteiger partial charge in [0.1, 0.15) is 18.1 Å². The number of nitrogens with zero attached hydrogens (tertiary/aromatic N) is 1. The summed E-state index contributed by atoms with van der Waals surface area (Å²) in [4.78, 5) is 37.2. The second kappa shape index (κ2) is 5.07. The van der Waals surface area contributed by atoms with Crippen molar-refractivity contribution in [3.63, 3.8) is 0 Å². The predicted molar refractivity (Wildman–Crippen MR) is 81.9 cm³/mol. The molecule has 1 aromatic rings. The van der Waals surface area contributed by atoms with Gasteiger partial charge in [-0.05, 0) is 25.3 Å². The summed E-state index contributed by atoms with van der Waals surface area (Å²) in [6.07, 6.45) is -1.43. The molecular weight excluding hydrogens is 326 g/mol.